The summed E-state index contributed by atoms with van der Waals surface area (Å²) in [6.45, 7) is 0. The minimum absolute atomic E-state index is 0.116. The highest BCUT2D eigenvalue weighted by atomic mass is 79.9. The average Bonchev–Trinajstić information content (AvgIpc) is 3.16. The smallest absolute Gasteiger partial charge is 0.304 e. The first-order chi connectivity index (χ1) is 16.1. The second-order valence-corrected chi connectivity index (χ2v) is 7.77. The molecule has 4 aromatic rings. The van der Waals surface area contributed by atoms with Crippen molar-refractivity contribution < 1.29 is 15.0 Å². The van der Waals surface area contributed by atoms with Crippen molar-refractivity contribution in [2.24, 2.45) is 17.3 Å². The molecule has 0 saturated heterocycles. The maximum Gasteiger partial charge on any atom is 0.304 e. The van der Waals surface area contributed by atoms with Gasteiger partial charge in [-0.1, -0.05) is 12.1 Å². The molecule has 0 aliphatic heterocycles. The lowest BCUT2D eigenvalue weighted by Gasteiger charge is -2.10. The zero-order chi connectivity index (χ0) is 24.7. The maximum atomic E-state index is 13.0. The Morgan fingerprint density at radius 1 is 1.03 bits per heavy atom. The number of H-pyrrole nitrogens is 2. The van der Waals surface area contributed by atoms with Crippen LogP contribution in [-0.2, 0) is 7.05 Å². The number of nitro groups is 2. The van der Waals surface area contributed by atoms with Gasteiger partial charge in [0.2, 0.25) is 0 Å². The van der Waals surface area contributed by atoms with Gasteiger partial charge in [0.1, 0.15) is 17.0 Å². The molecule has 15 heteroatoms. The molecule has 0 bridgehead atoms. The molecule has 3 N–H and O–H groups in total. The molecule has 0 radical (unpaired) electrons. The molecule has 14 nitrogen and oxygen atoms in total. The number of pyridine rings is 1. The molecule has 34 heavy (non-hydrogen) atoms. The summed E-state index contributed by atoms with van der Waals surface area (Å²) >= 11 is 2.99. The Balaban J connectivity index is 1.93. The number of nitro benzene ring substituents is 2. The molecular formula is C19H12BrN7O7. The number of aromatic hydroxyl groups is 1. The monoisotopic (exact) mass is 529 g/mol. The highest BCUT2D eigenvalue weighted by Gasteiger charge is 2.25. The third-order valence-corrected chi connectivity index (χ3v) is 5.57. The van der Waals surface area contributed by atoms with E-state index in [9.17, 15) is 34.9 Å². The van der Waals surface area contributed by atoms with E-state index >= 15 is 0 Å². The number of benzene rings is 2. The summed E-state index contributed by atoms with van der Waals surface area (Å²) in [5, 5.41) is 45.8. The van der Waals surface area contributed by atoms with Crippen LogP contribution in [0.3, 0.4) is 0 Å². The highest BCUT2D eigenvalue weighted by Crippen LogP contribution is 2.40. The van der Waals surface area contributed by atoms with E-state index in [1.807, 2.05) is 0 Å². The predicted octanol–water partition coefficient (Wildman–Crippen LogP) is 3.92. The van der Waals surface area contributed by atoms with Gasteiger partial charge in [0.15, 0.2) is 11.4 Å². The Hall–Kier alpha value is -4.66. The number of nitrogens with one attached hydrogen (secondary N) is 2. The van der Waals surface area contributed by atoms with Crippen LogP contribution in [0.1, 0.15) is 0 Å². The van der Waals surface area contributed by atoms with E-state index in [0.717, 1.165) is 6.07 Å². The number of fused-ring (bicyclic) bond motifs is 1. The zero-order valence-corrected chi connectivity index (χ0v) is 18.6. The fraction of sp³-hybridized carbons (Fsp3) is 0.0526. The Kier molecular flexibility index (Phi) is 5.54. The van der Waals surface area contributed by atoms with Gasteiger partial charge in [0, 0.05) is 18.5 Å². The summed E-state index contributed by atoms with van der Waals surface area (Å²) in [6, 6.07) is 8.25. The first-order valence-corrected chi connectivity index (χ1v) is 10.1. The third kappa shape index (κ3) is 3.62. The van der Waals surface area contributed by atoms with Crippen molar-refractivity contribution in [1.82, 2.24) is 14.8 Å². The highest BCUT2D eigenvalue weighted by molar-refractivity contribution is 9.10. The second-order valence-electron chi connectivity index (χ2n) is 6.92. The van der Waals surface area contributed by atoms with Crippen LogP contribution < -0.4 is 11.1 Å². The number of rotatable bonds is 5. The van der Waals surface area contributed by atoms with Crippen LogP contribution in [0.25, 0.3) is 22.2 Å². The second kappa shape index (κ2) is 8.36. The molecule has 0 atom stereocenters. The van der Waals surface area contributed by atoms with Crippen LogP contribution in [0.4, 0.5) is 22.7 Å². The molecule has 0 saturated carbocycles. The van der Waals surface area contributed by atoms with Gasteiger partial charge in [-0.2, -0.15) is 0 Å². The Labute approximate surface area is 195 Å². The van der Waals surface area contributed by atoms with Gasteiger partial charge >= 0.3 is 5.69 Å². The van der Waals surface area contributed by atoms with Crippen molar-refractivity contribution in [3.63, 3.8) is 0 Å². The van der Waals surface area contributed by atoms with Crippen LogP contribution in [0, 0.1) is 20.2 Å². The molecule has 4 rings (SSSR count). The summed E-state index contributed by atoms with van der Waals surface area (Å²) in [6.07, 6.45) is 0. The van der Waals surface area contributed by atoms with Crippen LogP contribution in [0.5, 0.6) is 5.75 Å². The Morgan fingerprint density at radius 2 is 1.71 bits per heavy atom. The van der Waals surface area contributed by atoms with E-state index in [1.54, 1.807) is 24.3 Å². The van der Waals surface area contributed by atoms with Crippen LogP contribution in [-0.4, -0.2) is 29.7 Å². The standard InChI is InChI=1S/C19H12BrN7O7/c1-25-11-5-3-2-4-9(11)17(28)13(19(25)30)15-16(18(29)24-22-15)23-21-14-10(20)6-8(26(31)32)7-12(14)27(33)34/h2-7,28H,1H3,(H2,22,24,29). The first-order valence-electron chi connectivity index (χ1n) is 9.27. The number of para-hydroxylation sites is 1. The number of aromatic nitrogens is 3. The van der Waals surface area contributed by atoms with E-state index in [-0.39, 0.29) is 15.7 Å². The van der Waals surface area contributed by atoms with E-state index < -0.39 is 49.5 Å². The SMILES string of the molecule is Cn1c(=O)c(-c2[nH][nH]c(=O)c2N=Nc2c(Br)cc([N+](=O)[O-])cc2[N+](=O)[O-])c(O)c2ccccc21. The Morgan fingerprint density at radius 3 is 2.38 bits per heavy atom. The molecule has 0 amide bonds. The summed E-state index contributed by atoms with van der Waals surface area (Å²) in [5.74, 6) is -0.409. The number of aromatic amines is 2. The van der Waals surface area contributed by atoms with Gasteiger partial charge in [-0.25, -0.2) is 0 Å². The van der Waals surface area contributed by atoms with E-state index in [0.29, 0.717) is 17.0 Å². The minimum Gasteiger partial charge on any atom is -0.506 e. The third-order valence-electron chi connectivity index (χ3n) is 4.96. The normalized spacial score (nSPS) is 11.4. The number of hydrogen-bond donors (Lipinski definition) is 3. The number of hydrogen-bond acceptors (Lipinski definition) is 9. The first kappa shape index (κ1) is 22.5. The fourth-order valence-corrected chi connectivity index (χ4v) is 3.86. The molecule has 172 valence electrons. The number of halogens is 1. The molecular weight excluding hydrogens is 518 g/mol. The topological polar surface area (TPSA) is 202 Å². The lowest BCUT2D eigenvalue weighted by atomic mass is 10.1. The molecule has 0 fully saturated rings. The minimum atomic E-state index is -0.890. The van der Waals surface area contributed by atoms with Crippen molar-refractivity contribution in [2.45, 2.75) is 0 Å². The van der Waals surface area contributed by atoms with Gasteiger partial charge < -0.3 is 9.67 Å². The van der Waals surface area contributed by atoms with E-state index in [1.165, 1.54) is 11.6 Å². The Bertz CT molecular complexity index is 1650. The van der Waals surface area contributed by atoms with Crippen molar-refractivity contribution in [1.29, 1.82) is 0 Å². The van der Waals surface area contributed by atoms with Crippen LogP contribution >= 0.6 is 15.9 Å². The summed E-state index contributed by atoms with van der Waals surface area (Å²) in [5.41, 5.74) is -3.62. The largest absolute Gasteiger partial charge is 0.506 e. The maximum absolute atomic E-state index is 13.0. The fourth-order valence-electron chi connectivity index (χ4n) is 3.35. The molecule has 0 aliphatic carbocycles. The number of azo groups is 1. The lowest BCUT2D eigenvalue weighted by molar-refractivity contribution is -0.393. The molecule has 2 aromatic carbocycles. The average molecular weight is 530 g/mol. The summed E-state index contributed by atoms with van der Waals surface area (Å²) < 4.78 is 1.16. The van der Waals surface area contributed by atoms with Crippen molar-refractivity contribution in [3.05, 3.63) is 81.8 Å². The summed E-state index contributed by atoms with van der Waals surface area (Å²) in [7, 11) is 1.48. The zero-order valence-electron chi connectivity index (χ0n) is 17.0. The molecule has 0 aliphatic rings. The molecule has 2 heterocycles. The van der Waals surface area contributed by atoms with Gasteiger partial charge in [0.25, 0.3) is 16.8 Å². The van der Waals surface area contributed by atoms with Gasteiger partial charge in [-0.3, -0.25) is 40.0 Å². The van der Waals surface area contributed by atoms with Gasteiger partial charge in [-0.15, -0.1) is 10.2 Å². The van der Waals surface area contributed by atoms with E-state index in [4.69, 9.17) is 0 Å². The molecule has 2 aromatic heterocycles. The number of nitrogens with zero attached hydrogens (tertiary/aromatic N) is 5. The van der Waals surface area contributed by atoms with Crippen molar-refractivity contribution in [2.75, 3.05) is 0 Å². The summed E-state index contributed by atoms with van der Waals surface area (Å²) in [4.78, 5) is 46.1. The molecule has 0 spiro atoms. The van der Waals surface area contributed by atoms with Crippen LogP contribution in [0.2, 0.25) is 0 Å². The number of aryl methyl sites for hydroxylation is 1. The van der Waals surface area contributed by atoms with Crippen molar-refractivity contribution >= 4 is 49.6 Å². The van der Waals surface area contributed by atoms with Gasteiger partial charge in [-0.05, 0) is 28.1 Å². The number of non-ortho nitro benzene ring substituents is 1. The quantitative estimate of drug-likeness (QED) is 0.197. The lowest BCUT2D eigenvalue weighted by Crippen LogP contribution is -2.19. The van der Waals surface area contributed by atoms with Crippen LogP contribution in [0.15, 0.2) is 60.7 Å². The molecule has 0 unspecified atom stereocenters. The van der Waals surface area contributed by atoms with E-state index in [2.05, 4.69) is 36.4 Å². The van der Waals surface area contributed by atoms with Gasteiger partial charge in [0.05, 0.1) is 25.9 Å². The predicted molar refractivity (Wildman–Crippen MR) is 123 cm³/mol. The van der Waals surface area contributed by atoms with Crippen molar-refractivity contribution in [3.8, 4) is 17.0 Å².